The molecule has 2 rings (SSSR count). The number of H-pyrrole nitrogens is 1. The predicted octanol–water partition coefficient (Wildman–Crippen LogP) is 2.95. The van der Waals surface area contributed by atoms with E-state index in [9.17, 15) is 22.8 Å². The number of nitrogens with one attached hydrogen (secondary N) is 1. The van der Waals surface area contributed by atoms with Gasteiger partial charge in [0.1, 0.15) is 6.29 Å². The molecule has 112 valence electrons. The van der Waals surface area contributed by atoms with Crippen LogP contribution in [0.15, 0.2) is 18.2 Å². The van der Waals surface area contributed by atoms with Crippen LogP contribution in [0.25, 0.3) is 10.9 Å². The number of rotatable bonds is 5. The summed E-state index contributed by atoms with van der Waals surface area (Å²) in [4.78, 5) is 24.2. The molecule has 0 saturated carbocycles. The van der Waals surface area contributed by atoms with Crippen LogP contribution in [0.5, 0.6) is 0 Å². The van der Waals surface area contributed by atoms with Crippen molar-refractivity contribution in [3.8, 4) is 0 Å². The first-order chi connectivity index (χ1) is 9.82. The number of carboxylic acids is 1. The maximum absolute atomic E-state index is 12.7. The normalized spacial score (nSPS) is 11.8. The monoisotopic (exact) mass is 299 g/mol. The van der Waals surface area contributed by atoms with E-state index in [4.69, 9.17) is 5.11 Å². The number of carbonyl (C=O) groups is 2. The Labute approximate surface area is 117 Å². The van der Waals surface area contributed by atoms with Gasteiger partial charge in [0.15, 0.2) is 0 Å². The molecule has 21 heavy (non-hydrogen) atoms. The van der Waals surface area contributed by atoms with Crippen LogP contribution in [0.2, 0.25) is 0 Å². The molecule has 2 aromatic rings. The average molecular weight is 299 g/mol. The van der Waals surface area contributed by atoms with Crippen molar-refractivity contribution < 1.29 is 27.9 Å². The first kappa shape index (κ1) is 15.1. The smallest absolute Gasteiger partial charge is 0.416 e. The van der Waals surface area contributed by atoms with Gasteiger partial charge in [0.05, 0.1) is 12.0 Å². The minimum atomic E-state index is -4.49. The van der Waals surface area contributed by atoms with Gasteiger partial charge in [-0.05, 0) is 30.2 Å². The molecule has 0 fully saturated rings. The maximum atomic E-state index is 12.7. The van der Waals surface area contributed by atoms with Crippen LogP contribution in [-0.4, -0.2) is 22.3 Å². The minimum Gasteiger partial charge on any atom is -0.481 e. The van der Waals surface area contributed by atoms with Crippen molar-refractivity contribution in [2.24, 2.45) is 0 Å². The van der Waals surface area contributed by atoms with Gasteiger partial charge in [-0.2, -0.15) is 13.2 Å². The molecule has 0 spiro atoms. The Morgan fingerprint density at radius 3 is 2.62 bits per heavy atom. The maximum Gasteiger partial charge on any atom is 0.416 e. The van der Waals surface area contributed by atoms with Crippen LogP contribution in [0.4, 0.5) is 13.2 Å². The molecule has 0 radical (unpaired) electrons. The highest BCUT2D eigenvalue weighted by Gasteiger charge is 2.31. The zero-order chi connectivity index (χ0) is 15.6. The number of alkyl halides is 3. The zero-order valence-corrected chi connectivity index (χ0v) is 10.8. The Hall–Kier alpha value is -2.31. The van der Waals surface area contributed by atoms with E-state index in [-0.39, 0.29) is 18.2 Å². The number of aliphatic carboxylic acids is 1. The summed E-state index contributed by atoms with van der Waals surface area (Å²) < 4.78 is 38.2. The summed E-state index contributed by atoms with van der Waals surface area (Å²) in [5.74, 6) is -1.14. The Balaban J connectivity index is 2.58. The van der Waals surface area contributed by atoms with E-state index in [1.54, 1.807) is 0 Å². The molecule has 0 unspecified atom stereocenters. The molecule has 2 N–H and O–H groups in total. The van der Waals surface area contributed by atoms with Crippen molar-refractivity contribution in [2.45, 2.75) is 25.4 Å². The number of hydrogen-bond acceptors (Lipinski definition) is 2. The van der Waals surface area contributed by atoms with Gasteiger partial charge in [-0.15, -0.1) is 0 Å². The molecule has 0 bridgehead atoms. The van der Waals surface area contributed by atoms with Gasteiger partial charge in [-0.1, -0.05) is 0 Å². The molecule has 0 aliphatic carbocycles. The number of carbonyl (C=O) groups excluding carboxylic acids is 1. The Morgan fingerprint density at radius 1 is 1.33 bits per heavy atom. The number of aldehydes is 1. The van der Waals surface area contributed by atoms with E-state index in [1.165, 1.54) is 6.07 Å². The van der Waals surface area contributed by atoms with Crippen molar-refractivity contribution in [1.82, 2.24) is 4.98 Å². The minimum absolute atomic E-state index is 0.172. The number of fused-ring (bicyclic) bond motifs is 1. The topological polar surface area (TPSA) is 70.2 Å². The number of aromatic nitrogens is 1. The summed E-state index contributed by atoms with van der Waals surface area (Å²) in [7, 11) is 0. The van der Waals surface area contributed by atoms with Gasteiger partial charge >= 0.3 is 12.1 Å². The molecule has 1 aromatic carbocycles. The summed E-state index contributed by atoms with van der Waals surface area (Å²) in [6.07, 6.45) is -3.77. The van der Waals surface area contributed by atoms with Crippen LogP contribution in [-0.2, 0) is 28.6 Å². The number of aromatic amines is 1. The van der Waals surface area contributed by atoms with E-state index < -0.39 is 24.1 Å². The highest BCUT2D eigenvalue weighted by Crippen LogP contribution is 2.33. The summed E-state index contributed by atoms with van der Waals surface area (Å²) in [5.41, 5.74) is 0.381. The van der Waals surface area contributed by atoms with Crippen molar-refractivity contribution in [3.63, 3.8) is 0 Å². The predicted molar refractivity (Wildman–Crippen MR) is 69.0 cm³/mol. The first-order valence-corrected chi connectivity index (χ1v) is 6.19. The lowest BCUT2D eigenvalue weighted by atomic mass is 10.0. The third-order valence-corrected chi connectivity index (χ3v) is 3.16. The number of aryl methyl sites for hydroxylation is 1. The number of halogens is 3. The third kappa shape index (κ3) is 3.24. The van der Waals surface area contributed by atoms with Gasteiger partial charge in [-0.3, -0.25) is 4.79 Å². The second-order valence-corrected chi connectivity index (χ2v) is 4.62. The molecule has 0 amide bonds. The second-order valence-electron chi connectivity index (χ2n) is 4.62. The molecule has 0 aliphatic heterocycles. The van der Waals surface area contributed by atoms with Gasteiger partial charge in [0, 0.05) is 23.0 Å². The molecule has 0 aliphatic rings. The summed E-state index contributed by atoms with van der Waals surface area (Å²) >= 11 is 0. The van der Waals surface area contributed by atoms with Gasteiger partial charge in [0.25, 0.3) is 0 Å². The van der Waals surface area contributed by atoms with E-state index in [0.717, 1.165) is 12.1 Å². The summed E-state index contributed by atoms with van der Waals surface area (Å²) in [6, 6.07) is 3.15. The van der Waals surface area contributed by atoms with Crippen LogP contribution in [0, 0.1) is 0 Å². The highest BCUT2D eigenvalue weighted by molar-refractivity contribution is 5.89. The van der Waals surface area contributed by atoms with E-state index in [2.05, 4.69) is 4.98 Å². The molecule has 1 heterocycles. The standard InChI is InChI=1S/C14H12F3NO3/c15-14(16,17)8-3-4-12-9(6-8)10(7-13(20)21)11(18-12)2-1-5-19/h3-6,18H,1-2,7H2,(H,20,21). The van der Waals surface area contributed by atoms with Crippen molar-refractivity contribution in [3.05, 3.63) is 35.0 Å². The number of carboxylic acid groups (broad SMARTS) is 1. The number of hydrogen-bond donors (Lipinski definition) is 2. The Bertz CT molecular complexity index is 689. The van der Waals surface area contributed by atoms with E-state index in [1.807, 2.05) is 0 Å². The zero-order valence-electron chi connectivity index (χ0n) is 10.8. The lowest BCUT2D eigenvalue weighted by Crippen LogP contribution is -2.05. The summed E-state index contributed by atoms with van der Waals surface area (Å²) in [5, 5.41) is 9.15. The van der Waals surface area contributed by atoms with E-state index in [0.29, 0.717) is 23.1 Å². The largest absolute Gasteiger partial charge is 0.481 e. The third-order valence-electron chi connectivity index (χ3n) is 3.16. The average Bonchev–Trinajstić information content (AvgIpc) is 2.72. The SMILES string of the molecule is O=CCCc1[nH]c2ccc(C(F)(F)F)cc2c1CC(=O)O. The fraction of sp³-hybridized carbons (Fsp3) is 0.286. The lowest BCUT2D eigenvalue weighted by Gasteiger charge is -2.06. The highest BCUT2D eigenvalue weighted by atomic mass is 19.4. The van der Waals surface area contributed by atoms with Gasteiger partial charge in [-0.25, -0.2) is 0 Å². The van der Waals surface area contributed by atoms with Crippen LogP contribution >= 0.6 is 0 Å². The fourth-order valence-electron chi connectivity index (χ4n) is 2.25. The quantitative estimate of drug-likeness (QED) is 0.834. The Morgan fingerprint density at radius 2 is 2.05 bits per heavy atom. The molecule has 0 atom stereocenters. The molecular formula is C14H12F3NO3. The molecule has 7 heteroatoms. The van der Waals surface area contributed by atoms with Gasteiger partial charge < -0.3 is 14.9 Å². The first-order valence-electron chi connectivity index (χ1n) is 6.19. The number of benzene rings is 1. The van der Waals surface area contributed by atoms with E-state index >= 15 is 0 Å². The van der Waals surface area contributed by atoms with Crippen LogP contribution in [0.1, 0.15) is 23.2 Å². The molecule has 0 saturated heterocycles. The van der Waals surface area contributed by atoms with Crippen molar-refractivity contribution >= 4 is 23.2 Å². The fourth-order valence-corrected chi connectivity index (χ4v) is 2.25. The van der Waals surface area contributed by atoms with Crippen LogP contribution in [0.3, 0.4) is 0 Å². The molecular weight excluding hydrogens is 287 g/mol. The lowest BCUT2D eigenvalue weighted by molar-refractivity contribution is -0.137. The summed E-state index contributed by atoms with van der Waals surface area (Å²) in [6.45, 7) is 0. The molecule has 1 aromatic heterocycles. The van der Waals surface area contributed by atoms with Crippen molar-refractivity contribution in [2.75, 3.05) is 0 Å². The Kier molecular flexibility index (Phi) is 4.02. The van der Waals surface area contributed by atoms with Gasteiger partial charge in [0.2, 0.25) is 0 Å². The van der Waals surface area contributed by atoms with Crippen LogP contribution < -0.4 is 0 Å². The van der Waals surface area contributed by atoms with Crippen molar-refractivity contribution in [1.29, 1.82) is 0 Å². The second kappa shape index (κ2) is 5.59. The molecule has 4 nitrogen and oxygen atoms in total.